The first-order valence-electron chi connectivity index (χ1n) is 4.84. The molecule has 0 radical (unpaired) electrons. The summed E-state index contributed by atoms with van der Waals surface area (Å²) in [6.45, 7) is 0. The number of halogens is 2. The highest BCUT2D eigenvalue weighted by atomic mass is 79.9. The number of nitrogens with one attached hydrogen (secondary N) is 1. The fourth-order valence-corrected chi connectivity index (χ4v) is 2.40. The van der Waals surface area contributed by atoms with Gasteiger partial charge in [-0.15, -0.1) is 0 Å². The van der Waals surface area contributed by atoms with E-state index < -0.39 is 39.0 Å². The number of rotatable bonds is 2. The third kappa shape index (κ3) is 1.99. The van der Waals surface area contributed by atoms with Gasteiger partial charge in [0.05, 0.1) is 10.8 Å². The summed E-state index contributed by atoms with van der Waals surface area (Å²) in [6.07, 6.45) is 0. The standard InChI is InChI=1S/C10H6BrFN2O4/c11-8-7(9(15)13-10(8)16)4-1-2-5(12)6(3-4)14(17)18/h1-3,7-8H,(H,13,15,16). The van der Waals surface area contributed by atoms with Crippen LogP contribution in [0, 0.1) is 15.9 Å². The summed E-state index contributed by atoms with van der Waals surface area (Å²) in [5.74, 6) is -2.96. The van der Waals surface area contributed by atoms with Crippen molar-refractivity contribution in [2.24, 2.45) is 0 Å². The van der Waals surface area contributed by atoms with Gasteiger partial charge in [-0.1, -0.05) is 22.0 Å². The van der Waals surface area contributed by atoms with Crippen molar-refractivity contribution < 1.29 is 18.9 Å². The third-order valence-corrected chi connectivity index (χ3v) is 3.54. The van der Waals surface area contributed by atoms with Crippen molar-refractivity contribution in [2.45, 2.75) is 10.7 Å². The second-order valence-corrected chi connectivity index (χ2v) is 4.69. The summed E-state index contributed by atoms with van der Waals surface area (Å²) in [6, 6.07) is 3.12. The summed E-state index contributed by atoms with van der Waals surface area (Å²) in [7, 11) is 0. The molecule has 1 heterocycles. The molecule has 8 heteroatoms. The van der Waals surface area contributed by atoms with E-state index in [0.717, 1.165) is 12.1 Å². The minimum absolute atomic E-state index is 0.216. The number of hydrogen-bond donors (Lipinski definition) is 1. The highest BCUT2D eigenvalue weighted by Gasteiger charge is 2.41. The van der Waals surface area contributed by atoms with Crippen molar-refractivity contribution in [2.75, 3.05) is 0 Å². The van der Waals surface area contributed by atoms with Crippen LogP contribution in [0.1, 0.15) is 11.5 Å². The lowest BCUT2D eigenvalue weighted by Gasteiger charge is -2.09. The maximum atomic E-state index is 13.2. The Morgan fingerprint density at radius 2 is 2.00 bits per heavy atom. The highest BCUT2D eigenvalue weighted by Crippen LogP contribution is 2.32. The van der Waals surface area contributed by atoms with Crippen LogP contribution in [0.25, 0.3) is 0 Å². The number of alkyl halides is 1. The van der Waals surface area contributed by atoms with Gasteiger partial charge in [0.1, 0.15) is 4.83 Å². The Hall–Kier alpha value is -1.83. The smallest absolute Gasteiger partial charge is 0.295 e. The van der Waals surface area contributed by atoms with Gasteiger partial charge >= 0.3 is 5.69 Å². The van der Waals surface area contributed by atoms with Gasteiger partial charge in [0.15, 0.2) is 0 Å². The van der Waals surface area contributed by atoms with Crippen LogP contribution < -0.4 is 5.32 Å². The Labute approximate surface area is 108 Å². The Kier molecular flexibility index (Phi) is 3.12. The number of benzene rings is 1. The molecule has 2 rings (SSSR count). The van der Waals surface area contributed by atoms with E-state index in [1.54, 1.807) is 0 Å². The average Bonchev–Trinajstić information content (AvgIpc) is 2.54. The van der Waals surface area contributed by atoms with E-state index in [0.29, 0.717) is 0 Å². The van der Waals surface area contributed by atoms with Gasteiger partial charge in [0, 0.05) is 6.07 Å². The predicted octanol–water partition coefficient (Wildman–Crippen LogP) is 1.24. The maximum Gasteiger partial charge on any atom is 0.305 e. The van der Waals surface area contributed by atoms with Crippen LogP contribution in [-0.2, 0) is 9.59 Å². The molecule has 2 amide bonds. The minimum atomic E-state index is -0.986. The van der Waals surface area contributed by atoms with Crippen molar-refractivity contribution >= 4 is 33.4 Å². The van der Waals surface area contributed by atoms with Crippen LogP contribution >= 0.6 is 15.9 Å². The zero-order valence-corrected chi connectivity index (χ0v) is 10.3. The molecule has 1 aromatic rings. The lowest BCUT2D eigenvalue weighted by atomic mass is 9.97. The van der Waals surface area contributed by atoms with E-state index in [9.17, 15) is 24.1 Å². The van der Waals surface area contributed by atoms with Crippen LogP contribution in [0.2, 0.25) is 0 Å². The molecule has 0 bridgehead atoms. The number of nitro groups is 1. The van der Waals surface area contributed by atoms with Crippen molar-refractivity contribution in [3.63, 3.8) is 0 Å². The van der Waals surface area contributed by atoms with Gasteiger partial charge < -0.3 is 0 Å². The number of hydrogen-bond acceptors (Lipinski definition) is 4. The number of imide groups is 1. The largest absolute Gasteiger partial charge is 0.305 e. The fraction of sp³-hybridized carbons (Fsp3) is 0.200. The number of amides is 2. The van der Waals surface area contributed by atoms with Crippen LogP contribution in [-0.4, -0.2) is 21.6 Å². The Balaban J connectivity index is 2.46. The van der Waals surface area contributed by atoms with Gasteiger partial charge in [0.2, 0.25) is 17.6 Å². The van der Waals surface area contributed by atoms with Crippen LogP contribution in [0.15, 0.2) is 18.2 Å². The second-order valence-electron chi connectivity index (χ2n) is 3.70. The summed E-state index contributed by atoms with van der Waals surface area (Å²) < 4.78 is 13.2. The molecular weight excluding hydrogens is 311 g/mol. The van der Waals surface area contributed by atoms with Crippen molar-refractivity contribution in [3.05, 3.63) is 39.7 Å². The number of carbonyl (C=O) groups excluding carboxylic acids is 2. The van der Waals surface area contributed by atoms with Crippen molar-refractivity contribution in [1.82, 2.24) is 5.32 Å². The molecule has 1 aliphatic heterocycles. The number of nitrogens with zero attached hydrogens (tertiary/aromatic N) is 1. The highest BCUT2D eigenvalue weighted by molar-refractivity contribution is 9.10. The molecule has 0 saturated carbocycles. The van der Waals surface area contributed by atoms with E-state index in [1.807, 2.05) is 0 Å². The van der Waals surface area contributed by atoms with Gasteiger partial charge in [0.25, 0.3) is 0 Å². The Morgan fingerprint density at radius 1 is 1.33 bits per heavy atom. The van der Waals surface area contributed by atoms with E-state index in [2.05, 4.69) is 21.2 Å². The summed E-state index contributed by atoms with van der Waals surface area (Å²) in [5, 5.41) is 12.7. The van der Waals surface area contributed by atoms with E-state index in [1.165, 1.54) is 6.07 Å². The predicted molar refractivity (Wildman–Crippen MR) is 61.7 cm³/mol. The minimum Gasteiger partial charge on any atom is -0.295 e. The topological polar surface area (TPSA) is 89.3 Å². The molecule has 1 saturated heterocycles. The van der Waals surface area contributed by atoms with Gasteiger partial charge in [-0.3, -0.25) is 25.0 Å². The molecule has 1 N–H and O–H groups in total. The zero-order valence-electron chi connectivity index (χ0n) is 8.72. The Bertz CT molecular complexity index is 563. The molecule has 2 atom stereocenters. The molecule has 6 nitrogen and oxygen atoms in total. The van der Waals surface area contributed by atoms with E-state index in [-0.39, 0.29) is 5.56 Å². The monoisotopic (exact) mass is 316 g/mol. The SMILES string of the molecule is O=C1NC(=O)C(c2ccc(F)c([N+](=O)[O-])c2)C1Br. The molecule has 1 fully saturated rings. The first kappa shape index (κ1) is 12.6. The van der Waals surface area contributed by atoms with Gasteiger partial charge in [-0.2, -0.15) is 4.39 Å². The van der Waals surface area contributed by atoms with Crippen LogP contribution in [0.3, 0.4) is 0 Å². The Morgan fingerprint density at radius 3 is 2.50 bits per heavy atom. The van der Waals surface area contributed by atoms with Crippen molar-refractivity contribution in [3.8, 4) is 0 Å². The molecule has 0 spiro atoms. The van der Waals surface area contributed by atoms with E-state index in [4.69, 9.17) is 0 Å². The zero-order chi connectivity index (χ0) is 13.4. The van der Waals surface area contributed by atoms with Crippen molar-refractivity contribution in [1.29, 1.82) is 0 Å². The number of carbonyl (C=O) groups is 2. The molecule has 0 aromatic heterocycles. The maximum absolute atomic E-state index is 13.2. The molecule has 1 aliphatic rings. The first-order chi connectivity index (χ1) is 8.41. The third-order valence-electron chi connectivity index (χ3n) is 2.60. The summed E-state index contributed by atoms with van der Waals surface area (Å²) in [4.78, 5) is 31.7. The first-order valence-corrected chi connectivity index (χ1v) is 5.76. The number of nitro benzene ring substituents is 1. The lowest BCUT2D eigenvalue weighted by molar-refractivity contribution is -0.387. The van der Waals surface area contributed by atoms with Crippen LogP contribution in [0.5, 0.6) is 0 Å². The average molecular weight is 317 g/mol. The second kappa shape index (κ2) is 4.45. The fourth-order valence-electron chi connectivity index (χ4n) is 1.74. The van der Waals surface area contributed by atoms with Gasteiger partial charge in [-0.25, -0.2) is 0 Å². The quantitative estimate of drug-likeness (QED) is 0.385. The molecule has 18 heavy (non-hydrogen) atoms. The lowest BCUT2D eigenvalue weighted by Crippen LogP contribution is -2.22. The molecule has 94 valence electrons. The summed E-state index contributed by atoms with van der Waals surface area (Å²) in [5.41, 5.74) is -0.507. The van der Waals surface area contributed by atoms with E-state index >= 15 is 0 Å². The van der Waals surface area contributed by atoms with Gasteiger partial charge in [-0.05, 0) is 11.6 Å². The normalized spacial score (nSPS) is 23.0. The molecule has 1 aromatic carbocycles. The van der Waals surface area contributed by atoms with Crippen LogP contribution in [0.4, 0.5) is 10.1 Å². The summed E-state index contributed by atoms with van der Waals surface area (Å²) >= 11 is 3.03. The molecule has 0 aliphatic carbocycles. The molecular formula is C10H6BrFN2O4. The molecule has 2 unspecified atom stereocenters.